The molecule has 1 unspecified atom stereocenters. The first-order valence-electron chi connectivity index (χ1n) is 9.40. The molecule has 3 heterocycles. The summed E-state index contributed by atoms with van der Waals surface area (Å²) in [6, 6.07) is 10.0. The van der Waals surface area contributed by atoms with Gasteiger partial charge < -0.3 is 10.2 Å². The van der Waals surface area contributed by atoms with Gasteiger partial charge in [-0.1, -0.05) is 55.3 Å². The highest BCUT2D eigenvalue weighted by Gasteiger charge is 2.49. The summed E-state index contributed by atoms with van der Waals surface area (Å²) in [5, 5.41) is 3.12. The van der Waals surface area contributed by atoms with Gasteiger partial charge >= 0.3 is 0 Å². The molecule has 1 aliphatic carbocycles. The Bertz CT molecular complexity index is 871. The summed E-state index contributed by atoms with van der Waals surface area (Å²) < 4.78 is 0. The molecular weight excluding hydrogens is 324 g/mol. The lowest BCUT2D eigenvalue weighted by Gasteiger charge is -2.50. The Hall–Kier alpha value is -2.69. The lowest BCUT2D eigenvalue weighted by Crippen LogP contribution is -2.67. The predicted octanol–water partition coefficient (Wildman–Crippen LogP) is 2.71. The maximum atomic E-state index is 12.5. The highest BCUT2D eigenvalue weighted by Crippen LogP contribution is 2.43. The lowest BCUT2D eigenvalue weighted by molar-refractivity contribution is -0.123. The first kappa shape index (κ1) is 15.6. The molecule has 1 N–H and O–H groups in total. The first-order valence-corrected chi connectivity index (χ1v) is 9.40. The van der Waals surface area contributed by atoms with Crippen LogP contribution in [0.1, 0.15) is 42.6 Å². The van der Waals surface area contributed by atoms with Crippen molar-refractivity contribution in [2.45, 2.75) is 43.7 Å². The lowest BCUT2D eigenvalue weighted by atomic mass is 9.87. The van der Waals surface area contributed by atoms with Gasteiger partial charge in [0.2, 0.25) is 5.91 Å². The summed E-state index contributed by atoms with van der Waals surface area (Å²) in [6.07, 6.45) is 11.2. The van der Waals surface area contributed by atoms with E-state index in [4.69, 9.17) is 4.98 Å². The smallest absolute Gasteiger partial charge is 0.246 e. The van der Waals surface area contributed by atoms with Crippen LogP contribution < -0.4 is 10.2 Å². The second kappa shape index (κ2) is 5.94. The average Bonchev–Trinajstić information content (AvgIpc) is 3.14. The van der Waals surface area contributed by atoms with Crippen LogP contribution in [0.3, 0.4) is 0 Å². The second-order valence-corrected chi connectivity index (χ2v) is 7.55. The number of benzene rings is 1. The number of rotatable bonds is 2. The number of piperazine rings is 1. The molecule has 1 spiro atoms. The van der Waals surface area contributed by atoms with Gasteiger partial charge in [-0.05, 0) is 18.4 Å². The van der Waals surface area contributed by atoms with Crippen molar-refractivity contribution in [3.8, 4) is 0 Å². The highest BCUT2D eigenvalue weighted by molar-refractivity contribution is 5.93. The van der Waals surface area contributed by atoms with Crippen molar-refractivity contribution in [3.05, 3.63) is 59.6 Å². The van der Waals surface area contributed by atoms with Crippen LogP contribution in [0.5, 0.6) is 0 Å². The molecule has 1 amide bonds. The molecule has 0 bridgehead atoms. The number of aromatic nitrogens is 2. The van der Waals surface area contributed by atoms with Gasteiger partial charge in [0.05, 0.1) is 5.54 Å². The fraction of sp³-hybridized carbons (Fsp3) is 0.381. The van der Waals surface area contributed by atoms with Crippen LogP contribution in [0, 0.1) is 0 Å². The normalized spacial score (nSPS) is 22.8. The highest BCUT2D eigenvalue weighted by atomic mass is 16.2. The summed E-state index contributed by atoms with van der Waals surface area (Å²) in [4.78, 5) is 24.3. The molecule has 2 aliphatic heterocycles. The average molecular weight is 346 g/mol. The number of nitrogens with zero attached hydrogens (tertiary/aromatic N) is 3. The fourth-order valence-corrected chi connectivity index (χ4v) is 4.62. The molecule has 1 saturated carbocycles. The Morgan fingerprint density at radius 1 is 1.19 bits per heavy atom. The number of nitrogens with one attached hydrogen (secondary N) is 1. The number of hydrogen-bond acceptors (Lipinski definition) is 4. The number of fused-ring (bicyclic) bond motifs is 4. The van der Waals surface area contributed by atoms with E-state index in [0.717, 1.165) is 30.0 Å². The van der Waals surface area contributed by atoms with E-state index in [0.29, 0.717) is 13.0 Å². The minimum absolute atomic E-state index is 0.00351. The van der Waals surface area contributed by atoms with Gasteiger partial charge in [0.1, 0.15) is 17.7 Å². The van der Waals surface area contributed by atoms with Crippen LogP contribution in [0.4, 0.5) is 5.82 Å². The number of anilines is 1. The zero-order valence-electron chi connectivity index (χ0n) is 14.7. The van der Waals surface area contributed by atoms with E-state index >= 15 is 0 Å². The first-order chi connectivity index (χ1) is 12.8. The number of amides is 1. The van der Waals surface area contributed by atoms with Gasteiger partial charge in [-0.3, -0.25) is 4.79 Å². The van der Waals surface area contributed by atoms with E-state index in [1.807, 2.05) is 36.5 Å². The van der Waals surface area contributed by atoms with Gasteiger partial charge in [-0.25, -0.2) is 9.97 Å². The SMILES string of the molecule is O=C1NCC2(CCCC2)N2c3nc(Cc4ccccc4)ncc3C=CC12. The minimum Gasteiger partial charge on any atom is -0.352 e. The molecule has 5 nitrogen and oxygen atoms in total. The standard InChI is InChI=1S/C21H22N4O/c26-20-17-9-8-16-13-22-18(12-15-6-2-1-3-7-15)24-19(16)25(17)21(14-23-20)10-4-5-11-21/h1-3,6-9,13,17H,4-5,10-12,14H2,(H,23,26). The third-order valence-corrected chi connectivity index (χ3v) is 5.92. The summed E-state index contributed by atoms with van der Waals surface area (Å²) in [5.41, 5.74) is 2.21. The second-order valence-electron chi connectivity index (χ2n) is 7.55. The molecule has 3 aliphatic rings. The summed E-state index contributed by atoms with van der Waals surface area (Å²) in [5.74, 6) is 1.81. The fourth-order valence-electron chi connectivity index (χ4n) is 4.62. The van der Waals surface area contributed by atoms with Crippen molar-refractivity contribution in [3.63, 3.8) is 0 Å². The van der Waals surface area contributed by atoms with Gasteiger partial charge in [-0.15, -0.1) is 0 Å². The van der Waals surface area contributed by atoms with E-state index in [2.05, 4.69) is 27.3 Å². The molecule has 1 aromatic heterocycles. The summed E-state index contributed by atoms with van der Waals surface area (Å²) >= 11 is 0. The van der Waals surface area contributed by atoms with Gasteiger partial charge in [0, 0.05) is 24.7 Å². The van der Waals surface area contributed by atoms with Crippen molar-refractivity contribution in [2.24, 2.45) is 0 Å². The summed E-state index contributed by atoms with van der Waals surface area (Å²) in [7, 11) is 0. The van der Waals surface area contributed by atoms with Crippen LogP contribution >= 0.6 is 0 Å². The molecule has 0 radical (unpaired) electrons. The molecule has 2 fully saturated rings. The zero-order chi connectivity index (χ0) is 17.6. The molecule has 2 aromatic rings. The maximum absolute atomic E-state index is 12.5. The van der Waals surface area contributed by atoms with Crippen LogP contribution in [-0.2, 0) is 11.2 Å². The van der Waals surface area contributed by atoms with Crippen molar-refractivity contribution >= 4 is 17.8 Å². The topological polar surface area (TPSA) is 58.1 Å². The molecule has 1 aromatic carbocycles. The monoisotopic (exact) mass is 346 g/mol. The maximum Gasteiger partial charge on any atom is 0.246 e. The van der Waals surface area contributed by atoms with Crippen LogP contribution in [0.15, 0.2) is 42.6 Å². The van der Waals surface area contributed by atoms with Gasteiger partial charge in [-0.2, -0.15) is 0 Å². The van der Waals surface area contributed by atoms with Crippen molar-refractivity contribution in [1.82, 2.24) is 15.3 Å². The van der Waals surface area contributed by atoms with E-state index in [-0.39, 0.29) is 17.5 Å². The van der Waals surface area contributed by atoms with Crippen LogP contribution in [0.2, 0.25) is 0 Å². The number of hydrogen-bond donors (Lipinski definition) is 1. The molecular formula is C21H22N4O. The molecule has 5 rings (SSSR count). The molecule has 26 heavy (non-hydrogen) atoms. The van der Waals surface area contributed by atoms with Crippen molar-refractivity contribution in [2.75, 3.05) is 11.4 Å². The van der Waals surface area contributed by atoms with Crippen LogP contribution in [-0.4, -0.2) is 34.0 Å². The Balaban J connectivity index is 1.56. The van der Waals surface area contributed by atoms with E-state index in [1.165, 1.54) is 18.4 Å². The third-order valence-electron chi connectivity index (χ3n) is 5.92. The molecule has 1 saturated heterocycles. The largest absolute Gasteiger partial charge is 0.352 e. The van der Waals surface area contributed by atoms with Gasteiger partial charge in [0.25, 0.3) is 0 Å². The van der Waals surface area contributed by atoms with Crippen LogP contribution in [0.25, 0.3) is 6.08 Å². The number of carbonyl (C=O) groups excluding carboxylic acids is 1. The van der Waals surface area contributed by atoms with E-state index < -0.39 is 0 Å². The van der Waals surface area contributed by atoms with E-state index in [9.17, 15) is 4.79 Å². The molecule has 1 atom stereocenters. The Morgan fingerprint density at radius 2 is 2.00 bits per heavy atom. The van der Waals surface area contributed by atoms with Crippen molar-refractivity contribution < 1.29 is 4.79 Å². The minimum atomic E-state index is -0.256. The third kappa shape index (κ3) is 2.42. The van der Waals surface area contributed by atoms with E-state index in [1.54, 1.807) is 0 Å². The Kier molecular flexibility index (Phi) is 3.55. The quantitative estimate of drug-likeness (QED) is 0.908. The zero-order valence-corrected chi connectivity index (χ0v) is 14.7. The predicted molar refractivity (Wildman–Crippen MR) is 101 cm³/mol. The molecule has 5 heteroatoms. The molecule has 132 valence electrons. The number of carbonyl (C=O) groups is 1. The van der Waals surface area contributed by atoms with Crippen molar-refractivity contribution in [1.29, 1.82) is 0 Å². The van der Waals surface area contributed by atoms with Gasteiger partial charge in [0.15, 0.2) is 0 Å². The Labute approximate surface area is 153 Å². The summed E-state index contributed by atoms with van der Waals surface area (Å²) in [6.45, 7) is 0.716. The Morgan fingerprint density at radius 3 is 2.81 bits per heavy atom.